The fourth-order valence-electron chi connectivity index (χ4n) is 1.36. The van der Waals surface area contributed by atoms with Gasteiger partial charge in [0.25, 0.3) is 5.69 Å². The van der Waals surface area contributed by atoms with E-state index in [1.807, 2.05) is 0 Å². The van der Waals surface area contributed by atoms with E-state index in [1.165, 1.54) is 18.5 Å². The van der Waals surface area contributed by atoms with Gasteiger partial charge in [-0.05, 0) is 12.1 Å². The number of aromatic nitrogens is 3. The number of hydrogen-bond acceptors (Lipinski definition) is 5. The van der Waals surface area contributed by atoms with Crippen LogP contribution in [0, 0.1) is 10.1 Å². The third kappa shape index (κ3) is 3.00. The van der Waals surface area contributed by atoms with Crippen LogP contribution in [0.5, 0.6) is 0 Å². The van der Waals surface area contributed by atoms with Gasteiger partial charge in [-0.3, -0.25) is 14.8 Å². The van der Waals surface area contributed by atoms with Crippen molar-refractivity contribution in [3.63, 3.8) is 0 Å². The summed E-state index contributed by atoms with van der Waals surface area (Å²) < 4.78 is 1.71. The third-order valence-electron chi connectivity index (χ3n) is 2.21. The van der Waals surface area contributed by atoms with Gasteiger partial charge in [0.1, 0.15) is 12.7 Å². The second-order valence-corrected chi connectivity index (χ2v) is 3.39. The Morgan fingerprint density at radius 1 is 1.35 bits per heavy atom. The molecule has 0 bridgehead atoms. The highest BCUT2D eigenvalue weighted by Gasteiger charge is 2.03. The lowest BCUT2D eigenvalue weighted by molar-refractivity contribution is -0.384. The summed E-state index contributed by atoms with van der Waals surface area (Å²) in [7, 11) is 0. The summed E-state index contributed by atoms with van der Waals surface area (Å²) in [5.74, 6) is 0. The van der Waals surface area contributed by atoms with E-state index in [2.05, 4.69) is 15.4 Å². The molecule has 0 spiro atoms. The van der Waals surface area contributed by atoms with E-state index in [1.54, 1.807) is 23.1 Å². The zero-order valence-corrected chi connectivity index (χ0v) is 8.98. The van der Waals surface area contributed by atoms with Crippen LogP contribution in [-0.2, 0) is 6.54 Å². The molecule has 2 aromatic rings. The summed E-state index contributed by atoms with van der Waals surface area (Å²) in [5.41, 5.74) is 0.933. The topological polar surface area (TPSA) is 85.9 Å². The van der Waals surface area contributed by atoms with Gasteiger partial charge in [-0.2, -0.15) is 5.10 Å². The number of non-ortho nitro benzene ring substituents is 1. The fourth-order valence-corrected chi connectivity index (χ4v) is 1.36. The van der Waals surface area contributed by atoms with Crippen LogP contribution in [0.1, 0.15) is 0 Å². The van der Waals surface area contributed by atoms with Gasteiger partial charge >= 0.3 is 0 Å². The Morgan fingerprint density at radius 3 is 2.71 bits per heavy atom. The first kappa shape index (κ1) is 11.1. The fraction of sp³-hybridized carbons (Fsp3) is 0.200. The van der Waals surface area contributed by atoms with Crippen molar-refractivity contribution in [2.75, 3.05) is 11.9 Å². The van der Waals surface area contributed by atoms with Crippen molar-refractivity contribution in [3.8, 4) is 0 Å². The first-order valence-electron chi connectivity index (χ1n) is 5.06. The van der Waals surface area contributed by atoms with Crippen molar-refractivity contribution in [2.45, 2.75) is 6.54 Å². The molecule has 0 unspecified atom stereocenters. The zero-order chi connectivity index (χ0) is 12.1. The molecule has 1 N–H and O–H groups in total. The van der Waals surface area contributed by atoms with E-state index < -0.39 is 4.92 Å². The maximum absolute atomic E-state index is 10.4. The van der Waals surface area contributed by atoms with E-state index >= 15 is 0 Å². The van der Waals surface area contributed by atoms with E-state index in [0.29, 0.717) is 13.1 Å². The Balaban J connectivity index is 1.85. The Labute approximate surface area is 97.2 Å². The average Bonchev–Trinajstić information content (AvgIpc) is 2.83. The molecule has 0 fully saturated rings. The lowest BCUT2D eigenvalue weighted by Gasteiger charge is -2.05. The lowest BCUT2D eigenvalue weighted by Crippen LogP contribution is -2.10. The monoisotopic (exact) mass is 233 g/mol. The molecule has 0 radical (unpaired) electrons. The molecule has 0 saturated carbocycles. The van der Waals surface area contributed by atoms with E-state index in [9.17, 15) is 10.1 Å². The number of nitrogens with zero attached hydrogens (tertiary/aromatic N) is 4. The van der Waals surface area contributed by atoms with Crippen LogP contribution in [0.2, 0.25) is 0 Å². The second-order valence-electron chi connectivity index (χ2n) is 3.39. The van der Waals surface area contributed by atoms with Crippen LogP contribution in [0.3, 0.4) is 0 Å². The van der Waals surface area contributed by atoms with Gasteiger partial charge in [-0.15, -0.1) is 0 Å². The second kappa shape index (κ2) is 5.06. The molecule has 88 valence electrons. The number of anilines is 1. The number of hydrogen-bond donors (Lipinski definition) is 1. The van der Waals surface area contributed by atoms with Crippen LogP contribution < -0.4 is 5.32 Å². The normalized spacial score (nSPS) is 10.1. The highest BCUT2D eigenvalue weighted by atomic mass is 16.6. The quantitative estimate of drug-likeness (QED) is 0.621. The van der Waals surface area contributed by atoms with Crippen molar-refractivity contribution in [1.29, 1.82) is 0 Å². The van der Waals surface area contributed by atoms with Gasteiger partial charge in [-0.1, -0.05) is 0 Å². The van der Waals surface area contributed by atoms with Crippen LogP contribution in [0.15, 0.2) is 36.9 Å². The van der Waals surface area contributed by atoms with Crippen LogP contribution >= 0.6 is 0 Å². The number of nitrogens with one attached hydrogen (secondary N) is 1. The van der Waals surface area contributed by atoms with Crippen molar-refractivity contribution in [1.82, 2.24) is 14.8 Å². The third-order valence-corrected chi connectivity index (χ3v) is 2.21. The van der Waals surface area contributed by atoms with Crippen LogP contribution in [-0.4, -0.2) is 26.2 Å². The molecule has 7 nitrogen and oxygen atoms in total. The van der Waals surface area contributed by atoms with Gasteiger partial charge in [0.15, 0.2) is 0 Å². The average molecular weight is 233 g/mol. The summed E-state index contributed by atoms with van der Waals surface area (Å²) in [6.07, 6.45) is 3.11. The summed E-state index contributed by atoms with van der Waals surface area (Å²) >= 11 is 0. The van der Waals surface area contributed by atoms with Crippen molar-refractivity contribution < 1.29 is 4.92 Å². The maximum atomic E-state index is 10.4. The highest BCUT2D eigenvalue weighted by molar-refractivity contribution is 5.48. The van der Waals surface area contributed by atoms with Crippen LogP contribution in [0.4, 0.5) is 11.4 Å². The zero-order valence-electron chi connectivity index (χ0n) is 8.98. The van der Waals surface area contributed by atoms with Gasteiger partial charge < -0.3 is 5.32 Å². The summed E-state index contributed by atoms with van der Waals surface area (Å²) in [4.78, 5) is 13.9. The molecule has 0 atom stereocenters. The minimum Gasteiger partial charge on any atom is -0.383 e. The molecule has 0 saturated heterocycles. The molecule has 0 aliphatic heterocycles. The molecular weight excluding hydrogens is 222 g/mol. The molecular formula is C10H11N5O2. The van der Waals surface area contributed by atoms with Crippen LogP contribution in [0.25, 0.3) is 0 Å². The molecule has 2 rings (SSSR count). The molecule has 0 aliphatic carbocycles. The Hall–Kier alpha value is -2.44. The number of rotatable bonds is 5. The lowest BCUT2D eigenvalue weighted by atomic mass is 10.3. The van der Waals surface area contributed by atoms with Crippen molar-refractivity contribution >= 4 is 11.4 Å². The van der Waals surface area contributed by atoms with E-state index in [4.69, 9.17) is 0 Å². The molecule has 1 aromatic carbocycles. The minimum atomic E-state index is -0.417. The minimum absolute atomic E-state index is 0.0897. The Bertz CT molecular complexity index is 480. The van der Waals surface area contributed by atoms with Crippen molar-refractivity contribution in [3.05, 3.63) is 47.0 Å². The largest absolute Gasteiger partial charge is 0.383 e. The standard InChI is InChI=1S/C10H11N5O2/c16-15(17)10-3-1-9(2-4-10)12-5-6-14-8-11-7-13-14/h1-4,7-8,12H,5-6H2. The summed E-state index contributed by atoms with van der Waals surface area (Å²) in [6.45, 7) is 1.37. The predicted octanol–water partition coefficient (Wildman–Crippen LogP) is 1.30. The molecule has 0 amide bonds. The van der Waals surface area contributed by atoms with Gasteiger partial charge in [0, 0.05) is 24.4 Å². The first-order chi connectivity index (χ1) is 8.25. The molecule has 1 heterocycles. The van der Waals surface area contributed by atoms with E-state index in [-0.39, 0.29) is 5.69 Å². The Kier molecular flexibility index (Phi) is 3.29. The Morgan fingerprint density at radius 2 is 2.12 bits per heavy atom. The SMILES string of the molecule is O=[N+]([O-])c1ccc(NCCn2cncn2)cc1. The summed E-state index contributed by atoms with van der Waals surface area (Å²) in [5, 5.41) is 17.5. The molecule has 1 aromatic heterocycles. The molecule has 17 heavy (non-hydrogen) atoms. The number of nitro benzene ring substituents is 1. The number of benzene rings is 1. The van der Waals surface area contributed by atoms with Gasteiger partial charge in [0.05, 0.1) is 11.5 Å². The maximum Gasteiger partial charge on any atom is 0.269 e. The van der Waals surface area contributed by atoms with Gasteiger partial charge in [0.2, 0.25) is 0 Å². The van der Waals surface area contributed by atoms with E-state index in [0.717, 1.165) is 5.69 Å². The summed E-state index contributed by atoms with van der Waals surface area (Å²) in [6, 6.07) is 6.30. The first-order valence-corrected chi connectivity index (χ1v) is 5.06. The molecule has 7 heteroatoms. The smallest absolute Gasteiger partial charge is 0.269 e. The predicted molar refractivity (Wildman–Crippen MR) is 61.6 cm³/mol. The number of nitro groups is 1. The van der Waals surface area contributed by atoms with Crippen molar-refractivity contribution in [2.24, 2.45) is 0 Å². The molecule has 0 aliphatic rings. The highest BCUT2D eigenvalue weighted by Crippen LogP contribution is 2.14. The van der Waals surface area contributed by atoms with Gasteiger partial charge in [-0.25, -0.2) is 4.98 Å².